The number of carboxylic acid groups (broad SMARTS) is 1. The Morgan fingerprint density at radius 1 is 1.10 bits per heavy atom. The quantitative estimate of drug-likeness (QED) is 0.701. The van der Waals surface area contributed by atoms with Crippen molar-refractivity contribution < 1.29 is 29.0 Å². The number of thioether (sulfide) groups is 1. The van der Waals surface area contributed by atoms with Gasteiger partial charge in [-0.25, -0.2) is 4.79 Å². The van der Waals surface area contributed by atoms with Crippen molar-refractivity contribution in [2.24, 2.45) is 0 Å². The van der Waals surface area contributed by atoms with Gasteiger partial charge in [-0.2, -0.15) is 0 Å². The van der Waals surface area contributed by atoms with Crippen molar-refractivity contribution >= 4 is 46.5 Å². The Morgan fingerprint density at radius 2 is 1.76 bits per heavy atom. The van der Waals surface area contributed by atoms with Crippen LogP contribution in [0.15, 0.2) is 53.4 Å². The first-order valence-electron chi connectivity index (χ1n) is 8.40. The van der Waals surface area contributed by atoms with Gasteiger partial charge in [0.05, 0.1) is 17.6 Å². The van der Waals surface area contributed by atoms with Crippen molar-refractivity contribution in [2.45, 2.75) is 0 Å². The molecule has 8 nitrogen and oxygen atoms in total. The second-order valence-electron chi connectivity index (χ2n) is 5.97. The zero-order chi connectivity index (χ0) is 21.0. The first-order valence-corrected chi connectivity index (χ1v) is 9.21. The Morgan fingerprint density at radius 3 is 2.34 bits per heavy atom. The molecule has 0 radical (unpaired) electrons. The lowest BCUT2D eigenvalue weighted by Gasteiger charge is -2.12. The van der Waals surface area contributed by atoms with E-state index in [9.17, 15) is 19.2 Å². The minimum Gasteiger partial charge on any atom is -0.497 e. The number of carbonyl (C=O) groups excluding carboxylic acids is 3. The molecule has 1 aliphatic heterocycles. The highest BCUT2D eigenvalue weighted by Gasteiger charge is 2.36. The number of carboxylic acids is 1. The maximum absolute atomic E-state index is 12.5. The molecular weight excluding hydrogens is 396 g/mol. The number of methoxy groups -OCH3 is 1. The van der Waals surface area contributed by atoms with Crippen molar-refractivity contribution in [3.05, 3.63) is 64.6 Å². The molecule has 1 fully saturated rings. The highest BCUT2D eigenvalue weighted by Crippen LogP contribution is 2.32. The molecule has 0 spiro atoms. The highest BCUT2D eigenvalue weighted by molar-refractivity contribution is 8.18. The van der Waals surface area contributed by atoms with Crippen LogP contribution in [-0.4, -0.2) is 46.7 Å². The minimum atomic E-state index is -1.08. The second kappa shape index (κ2) is 8.61. The number of hydrogen-bond donors (Lipinski definition) is 2. The van der Waals surface area contributed by atoms with E-state index in [0.717, 1.165) is 22.2 Å². The van der Waals surface area contributed by atoms with E-state index in [1.807, 2.05) is 0 Å². The summed E-state index contributed by atoms with van der Waals surface area (Å²) in [6.07, 6.45) is 1.58. The number of nitrogens with zero attached hydrogens (tertiary/aromatic N) is 1. The molecule has 1 saturated heterocycles. The van der Waals surface area contributed by atoms with Crippen LogP contribution in [0.25, 0.3) is 6.08 Å². The van der Waals surface area contributed by atoms with Crippen LogP contribution in [0.1, 0.15) is 15.9 Å². The number of anilines is 1. The highest BCUT2D eigenvalue weighted by atomic mass is 32.2. The summed E-state index contributed by atoms with van der Waals surface area (Å²) in [6, 6.07) is 12.5. The van der Waals surface area contributed by atoms with E-state index in [1.54, 1.807) is 37.5 Å². The Hall–Kier alpha value is -3.59. The third-order valence-corrected chi connectivity index (χ3v) is 4.91. The zero-order valence-electron chi connectivity index (χ0n) is 15.2. The normalized spacial score (nSPS) is 14.9. The number of nitrogens with one attached hydrogen (secondary N) is 1. The smallest absolute Gasteiger partial charge is 0.335 e. The van der Waals surface area contributed by atoms with Crippen LogP contribution < -0.4 is 10.1 Å². The van der Waals surface area contributed by atoms with Gasteiger partial charge in [-0.05, 0) is 59.8 Å². The number of amides is 3. The lowest BCUT2D eigenvalue weighted by Crippen LogP contribution is -2.36. The molecular formula is C20H16N2O6S. The first kappa shape index (κ1) is 20.2. The van der Waals surface area contributed by atoms with Gasteiger partial charge in [0.25, 0.3) is 11.1 Å². The zero-order valence-corrected chi connectivity index (χ0v) is 16.1. The summed E-state index contributed by atoms with van der Waals surface area (Å²) < 4.78 is 5.08. The number of imide groups is 1. The van der Waals surface area contributed by atoms with Gasteiger partial charge >= 0.3 is 5.97 Å². The first-order chi connectivity index (χ1) is 13.9. The Bertz CT molecular complexity index is 999. The fraction of sp³-hybridized carbons (Fsp3) is 0.100. The van der Waals surface area contributed by atoms with Crippen molar-refractivity contribution in [3.8, 4) is 5.75 Å². The number of hydrogen-bond acceptors (Lipinski definition) is 6. The lowest BCUT2D eigenvalue weighted by molar-refractivity contribution is -0.127. The van der Waals surface area contributed by atoms with Gasteiger partial charge in [0, 0.05) is 5.69 Å². The van der Waals surface area contributed by atoms with E-state index in [4.69, 9.17) is 9.84 Å². The van der Waals surface area contributed by atoms with Gasteiger partial charge in [0.1, 0.15) is 12.3 Å². The minimum absolute atomic E-state index is 0.0811. The van der Waals surface area contributed by atoms with Crippen LogP contribution in [0, 0.1) is 0 Å². The lowest BCUT2D eigenvalue weighted by atomic mass is 10.2. The largest absolute Gasteiger partial charge is 0.497 e. The molecule has 0 bridgehead atoms. The number of rotatable bonds is 6. The van der Waals surface area contributed by atoms with Crippen LogP contribution in [0.5, 0.6) is 5.75 Å². The van der Waals surface area contributed by atoms with Crippen LogP contribution in [0.3, 0.4) is 0 Å². The van der Waals surface area contributed by atoms with Gasteiger partial charge < -0.3 is 15.2 Å². The van der Waals surface area contributed by atoms with Crippen LogP contribution >= 0.6 is 11.8 Å². The fourth-order valence-electron chi connectivity index (χ4n) is 2.53. The van der Waals surface area contributed by atoms with Crippen LogP contribution in [0.2, 0.25) is 0 Å². The number of benzene rings is 2. The van der Waals surface area contributed by atoms with Crippen LogP contribution in [0.4, 0.5) is 10.5 Å². The third-order valence-electron chi connectivity index (χ3n) is 4.00. The average molecular weight is 412 g/mol. The molecule has 1 heterocycles. The van der Waals surface area contributed by atoms with Gasteiger partial charge in [-0.1, -0.05) is 12.1 Å². The summed E-state index contributed by atoms with van der Waals surface area (Å²) in [5.74, 6) is -1.53. The fourth-order valence-corrected chi connectivity index (χ4v) is 3.37. The summed E-state index contributed by atoms with van der Waals surface area (Å²) in [4.78, 5) is 48.8. The van der Waals surface area contributed by atoms with Gasteiger partial charge in [-0.3, -0.25) is 19.3 Å². The molecule has 2 aromatic carbocycles. The maximum Gasteiger partial charge on any atom is 0.335 e. The van der Waals surface area contributed by atoms with E-state index < -0.39 is 29.6 Å². The predicted octanol–water partition coefficient (Wildman–Crippen LogP) is 3.07. The molecule has 2 aromatic rings. The van der Waals surface area contributed by atoms with Crippen molar-refractivity contribution in [1.82, 2.24) is 4.90 Å². The molecule has 0 aliphatic carbocycles. The van der Waals surface area contributed by atoms with E-state index in [0.29, 0.717) is 11.4 Å². The van der Waals surface area contributed by atoms with Gasteiger partial charge in [0.15, 0.2) is 0 Å². The van der Waals surface area contributed by atoms with Gasteiger partial charge in [0.2, 0.25) is 5.91 Å². The summed E-state index contributed by atoms with van der Waals surface area (Å²) in [7, 11) is 1.55. The maximum atomic E-state index is 12.5. The van der Waals surface area contributed by atoms with E-state index in [-0.39, 0.29) is 10.5 Å². The van der Waals surface area contributed by atoms with E-state index >= 15 is 0 Å². The molecule has 148 valence electrons. The molecule has 3 amide bonds. The van der Waals surface area contributed by atoms with Crippen molar-refractivity contribution in [3.63, 3.8) is 0 Å². The molecule has 9 heteroatoms. The Kier molecular flexibility index (Phi) is 5.99. The SMILES string of the molecule is COc1ccc(/C=C2\SC(=O)N(CC(=O)Nc3ccc(C(=O)O)cc3)C2=O)cc1. The van der Waals surface area contributed by atoms with Gasteiger partial charge in [-0.15, -0.1) is 0 Å². The molecule has 29 heavy (non-hydrogen) atoms. The molecule has 0 aromatic heterocycles. The summed E-state index contributed by atoms with van der Waals surface area (Å²) >= 11 is 0.762. The monoisotopic (exact) mass is 412 g/mol. The van der Waals surface area contributed by atoms with Crippen molar-refractivity contribution in [2.75, 3.05) is 19.0 Å². The predicted molar refractivity (Wildman–Crippen MR) is 108 cm³/mol. The Balaban J connectivity index is 1.65. The topological polar surface area (TPSA) is 113 Å². The van der Waals surface area contributed by atoms with E-state index in [2.05, 4.69) is 5.32 Å². The summed E-state index contributed by atoms with van der Waals surface area (Å²) in [6.45, 7) is -0.439. The number of ether oxygens (including phenoxy) is 1. The second-order valence-corrected chi connectivity index (χ2v) is 6.96. The van der Waals surface area contributed by atoms with E-state index in [1.165, 1.54) is 24.3 Å². The molecule has 0 unspecified atom stereocenters. The number of aromatic carboxylic acids is 1. The molecule has 0 atom stereocenters. The Labute approximate surface area is 170 Å². The number of carbonyl (C=O) groups is 4. The molecule has 3 rings (SSSR count). The standard InChI is InChI=1S/C20H16N2O6S/c1-28-15-8-2-12(3-9-15)10-16-18(24)22(20(27)29-16)11-17(23)21-14-6-4-13(5-7-14)19(25)26/h2-10H,11H2,1H3,(H,21,23)(H,25,26)/b16-10-. The molecule has 1 aliphatic rings. The molecule has 2 N–H and O–H groups in total. The van der Waals surface area contributed by atoms with Crippen molar-refractivity contribution in [1.29, 1.82) is 0 Å². The average Bonchev–Trinajstić information content (AvgIpc) is 2.96. The third kappa shape index (κ3) is 4.82. The summed E-state index contributed by atoms with van der Waals surface area (Å²) in [5, 5.41) is 10.9. The van der Waals surface area contributed by atoms with Crippen LogP contribution in [-0.2, 0) is 9.59 Å². The molecule has 0 saturated carbocycles. The summed E-state index contributed by atoms with van der Waals surface area (Å²) in [5.41, 5.74) is 1.16.